The Balaban J connectivity index is 1.55. The summed E-state index contributed by atoms with van der Waals surface area (Å²) in [6.45, 7) is 7.45. The Hall–Kier alpha value is -2.37. The van der Waals surface area contributed by atoms with Gasteiger partial charge in [-0.25, -0.2) is 9.78 Å². The first-order valence-electron chi connectivity index (χ1n) is 11.3. The Morgan fingerprint density at radius 1 is 1.23 bits per heavy atom. The quantitative estimate of drug-likeness (QED) is 0.843. The maximum Gasteiger partial charge on any atom is 0.327 e. The molecule has 2 aliphatic heterocycles. The summed E-state index contributed by atoms with van der Waals surface area (Å²) in [4.78, 5) is 35.2. The summed E-state index contributed by atoms with van der Waals surface area (Å²) < 4.78 is 1.61. The highest BCUT2D eigenvalue weighted by molar-refractivity contribution is 5.84. The van der Waals surface area contributed by atoms with Crippen LogP contribution in [0, 0.1) is 17.3 Å². The number of hydrogen-bond donors (Lipinski definition) is 1. The molecule has 6 nitrogen and oxygen atoms in total. The van der Waals surface area contributed by atoms with Gasteiger partial charge in [-0.1, -0.05) is 33.3 Å². The number of aromatic amines is 1. The Bertz CT molecular complexity index is 1100. The SMILES string of the molecule is Cn1c(=O)[nH]c2c(CC(C)(C)C)cc(C3=CC4CCC3CN4C(=O)C3CCC3)nc21. The lowest BCUT2D eigenvalue weighted by atomic mass is 9.76. The number of nitrogens with one attached hydrogen (secondary N) is 1. The van der Waals surface area contributed by atoms with Crippen LogP contribution in [0.5, 0.6) is 0 Å². The number of nitrogens with zero attached hydrogens (tertiary/aromatic N) is 3. The van der Waals surface area contributed by atoms with Gasteiger partial charge < -0.3 is 9.88 Å². The molecule has 2 aliphatic carbocycles. The van der Waals surface area contributed by atoms with Gasteiger partial charge in [0, 0.05) is 25.4 Å². The zero-order valence-electron chi connectivity index (χ0n) is 18.5. The minimum absolute atomic E-state index is 0.101. The van der Waals surface area contributed by atoms with Crippen molar-refractivity contribution in [3.63, 3.8) is 0 Å². The van der Waals surface area contributed by atoms with Crippen LogP contribution < -0.4 is 5.69 Å². The van der Waals surface area contributed by atoms with Crippen molar-refractivity contribution in [1.29, 1.82) is 0 Å². The molecule has 1 saturated carbocycles. The molecule has 2 fully saturated rings. The highest BCUT2D eigenvalue weighted by Gasteiger charge is 2.41. The fourth-order valence-corrected chi connectivity index (χ4v) is 5.31. The normalized spacial score (nSPS) is 24.3. The van der Waals surface area contributed by atoms with Crippen LogP contribution >= 0.6 is 0 Å². The van der Waals surface area contributed by atoms with Gasteiger partial charge in [-0.2, -0.15) is 0 Å². The predicted molar refractivity (Wildman–Crippen MR) is 118 cm³/mol. The van der Waals surface area contributed by atoms with Gasteiger partial charge in [-0.15, -0.1) is 0 Å². The maximum absolute atomic E-state index is 12.9. The average molecular weight is 409 g/mol. The number of fused-ring (bicyclic) bond motifs is 3. The number of hydrogen-bond acceptors (Lipinski definition) is 3. The van der Waals surface area contributed by atoms with Crippen LogP contribution in [-0.2, 0) is 18.3 Å². The number of imidazole rings is 1. The molecular formula is C24H32N4O2. The van der Waals surface area contributed by atoms with Crippen molar-refractivity contribution in [3.8, 4) is 0 Å². The van der Waals surface area contributed by atoms with Crippen LogP contribution in [0.3, 0.4) is 0 Å². The van der Waals surface area contributed by atoms with E-state index in [1.807, 2.05) is 0 Å². The monoisotopic (exact) mass is 408 g/mol. The second-order valence-electron chi connectivity index (χ2n) is 10.7. The number of amides is 1. The fraction of sp³-hybridized carbons (Fsp3) is 0.625. The molecule has 1 amide bonds. The van der Waals surface area contributed by atoms with Crippen LogP contribution in [0.25, 0.3) is 16.7 Å². The van der Waals surface area contributed by atoms with Crippen LogP contribution in [0.15, 0.2) is 16.9 Å². The van der Waals surface area contributed by atoms with Crippen molar-refractivity contribution in [1.82, 2.24) is 19.4 Å². The topological polar surface area (TPSA) is 71.0 Å². The summed E-state index contributed by atoms with van der Waals surface area (Å²) in [5.74, 6) is 0.946. The first-order chi connectivity index (χ1) is 14.2. The van der Waals surface area contributed by atoms with Crippen molar-refractivity contribution in [2.24, 2.45) is 24.3 Å². The molecular weight excluding hydrogens is 376 g/mol. The van der Waals surface area contributed by atoms with Gasteiger partial charge in [-0.3, -0.25) is 9.36 Å². The minimum atomic E-state index is -0.124. The molecule has 6 heteroatoms. The van der Waals surface area contributed by atoms with Gasteiger partial charge in [0.15, 0.2) is 5.65 Å². The molecule has 30 heavy (non-hydrogen) atoms. The third kappa shape index (κ3) is 3.21. The molecule has 4 aliphatic rings. The highest BCUT2D eigenvalue weighted by atomic mass is 16.2. The Morgan fingerprint density at radius 2 is 2.00 bits per heavy atom. The average Bonchev–Trinajstić information content (AvgIpc) is 2.94. The van der Waals surface area contributed by atoms with Gasteiger partial charge in [0.25, 0.3) is 0 Å². The molecule has 1 N–H and O–H groups in total. The third-order valence-electron chi connectivity index (χ3n) is 7.13. The van der Waals surface area contributed by atoms with E-state index in [9.17, 15) is 9.59 Å². The van der Waals surface area contributed by atoms with Crippen molar-refractivity contribution in [3.05, 3.63) is 33.9 Å². The number of aryl methyl sites for hydroxylation is 1. The van der Waals surface area contributed by atoms with E-state index in [0.29, 0.717) is 11.8 Å². The van der Waals surface area contributed by atoms with E-state index in [0.717, 1.165) is 61.1 Å². The molecule has 2 unspecified atom stereocenters. The predicted octanol–water partition coefficient (Wildman–Crippen LogP) is 3.65. The number of aromatic nitrogens is 3. The van der Waals surface area contributed by atoms with Gasteiger partial charge in [-0.05, 0) is 54.7 Å². The van der Waals surface area contributed by atoms with E-state index >= 15 is 0 Å². The van der Waals surface area contributed by atoms with Gasteiger partial charge in [0.05, 0.1) is 17.3 Å². The zero-order chi connectivity index (χ0) is 21.2. The molecule has 2 bridgehead atoms. The molecule has 2 aromatic heterocycles. The lowest BCUT2D eigenvalue weighted by Gasteiger charge is -2.46. The molecule has 1 saturated heterocycles. The fourth-order valence-electron chi connectivity index (χ4n) is 5.31. The van der Waals surface area contributed by atoms with Gasteiger partial charge >= 0.3 is 5.69 Å². The third-order valence-corrected chi connectivity index (χ3v) is 7.13. The molecule has 0 aromatic carbocycles. The van der Waals surface area contributed by atoms with E-state index in [-0.39, 0.29) is 23.1 Å². The summed E-state index contributed by atoms with van der Waals surface area (Å²) in [7, 11) is 1.78. The van der Waals surface area contributed by atoms with Crippen LogP contribution in [0.1, 0.15) is 64.1 Å². The number of carbonyl (C=O) groups is 1. The molecule has 6 rings (SSSR count). The van der Waals surface area contributed by atoms with Gasteiger partial charge in [0.2, 0.25) is 5.91 Å². The summed E-state index contributed by atoms with van der Waals surface area (Å²) in [6, 6.07) is 2.37. The number of pyridine rings is 1. The zero-order valence-corrected chi connectivity index (χ0v) is 18.5. The Morgan fingerprint density at radius 3 is 2.60 bits per heavy atom. The minimum Gasteiger partial charge on any atom is -0.335 e. The van der Waals surface area contributed by atoms with E-state index in [4.69, 9.17) is 4.98 Å². The second kappa shape index (κ2) is 6.82. The highest BCUT2D eigenvalue weighted by Crippen LogP contribution is 2.42. The van der Waals surface area contributed by atoms with E-state index in [2.05, 4.69) is 42.8 Å². The van der Waals surface area contributed by atoms with Crippen molar-refractivity contribution in [2.75, 3.05) is 6.54 Å². The second-order valence-corrected chi connectivity index (χ2v) is 10.7. The van der Waals surface area contributed by atoms with E-state index in [1.54, 1.807) is 11.6 Å². The molecule has 0 spiro atoms. The molecule has 2 aromatic rings. The molecule has 4 heterocycles. The first kappa shape index (κ1) is 19.6. The van der Waals surface area contributed by atoms with Crippen LogP contribution in [0.2, 0.25) is 0 Å². The summed E-state index contributed by atoms with van der Waals surface area (Å²) >= 11 is 0. The smallest absolute Gasteiger partial charge is 0.327 e. The lowest BCUT2D eigenvalue weighted by Crippen LogP contribution is -2.52. The molecule has 160 valence electrons. The van der Waals surface area contributed by atoms with E-state index in [1.165, 1.54) is 12.0 Å². The maximum atomic E-state index is 12.9. The summed E-state index contributed by atoms with van der Waals surface area (Å²) in [5.41, 5.74) is 4.93. The number of rotatable bonds is 3. The number of carbonyl (C=O) groups excluding carboxylic acids is 1. The summed E-state index contributed by atoms with van der Waals surface area (Å²) in [6.07, 6.45) is 8.60. The largest absolute Gasteiger partial charge is 0.335 e. The molecule has 0 radical (unpaired) electrons. The Kier molecular flexibility index (Phi) is 4.46. The number of piperidine rings is 1. The lowest BCUT2D eigenvalue weighted by molar-refractivity contribution is -0.141. The summed E-state index contributed by atoms with van der Waals surface area (Å²) in [5, 5.41) is 0. The van der Waals surface area contributed by atoms with Crippen molar-refractivity contribution in [2.45, 2.75) is 65.3 Å². The van der Waals surface area contributed by atoms with Crippen molar-refractivity contribution < 1.29 is 4.79 Å². The van der Waals surface area contributed by atoms with Gasteiger partial charge in [0.1, 0.15) is 0 Å². The van der Waals surface area contributed by atoms with E-state index < -0.39 is 0 Å². The van der Waals surface area contributed by atoms with Crippen LogP contribution in [-0.4, -0.2) is 37.9 Å². The first-order valence-corrected chi connectivity index (χ1v) is 11.3. The standard InChI is InChI=1S/C24H32N4O2/c1-24(2,3)12-16-10-19(25-21-20(16)26-23(30)27(21)4)18-11-17-9-8-15(18)13-28(17)22(29)14-6-5-7-14/h10-11,14-15,17H,5-9,12-13H2,1-4H3,(H,26,30). The Labute approximate surface area is 177 Å². The van der Waals surface area contributed by atoms with Crippen molar-refractivity contribution >= 4 is 22.6 Å². The number of H-pyrrole nitrogens is 1. The van der Waals surface area contributed by atoms with Crippen LogP contribution in [0.4, 0.5) is 0 Å². The molecule has 2 atom stereocenters.